The highest BCUT2D eigenvalue weighted by molar-refractivity contribution is 5.79. The van der Waals surface area contributed by atoms with Crippen LogP contribution >= 0.6 is 0 Å². The molecule has 2 aliphatic rings. The highest BCUT2D eigenvalue weighted by Crippen LogP contribution is 2.29. The van der Waals surface area contributed by atoms with Crippen LogP contribution < -0.4 is 0 Å². The second kappa shape index (κ2) is 5.92. The van der Waals surface area contributed by atoms with E-state index in [0.29, 0.717) is 13.1 Å². The first-order chi connectivity index (χ1) is 9.74. The average molecular weight is 274 g/mol. The van der Waals surface area contributed by atoms with Crippen molar-refractivity contribution >= 4 is 5.91 Å². The molecule has 0 unspecified atom stereocenters. The van der Waals surface area contributed by atoms with Gasteiger partial charge in [0.15, 0.2) is 0 Å². The number of aromatic nitrogens is 1. The molecule has 0 radical (unpaired) electrons. The number of β-amino-alcohol motifs (C(OH)–C–C–N with tert-alkyl or cyclic N) is 1. The van der Waals surface area contributed by atoms with Gasteiger partial charge in [-0.3, -0.25) is 9.78 Å². The number of pyridine rings is 1. The van der Waals surface area contributed by atoms with Gasteiger partial charge in [0.2, 0.25) is 5.91 Å². The summed E-state index contributed by atoms with van der Waals surface area (Å²) in [5.74, 6) is 0.628. The van der Waals surface area contributed by atoms with Gasteiger partial charge in [0, 0.05) is 37.3 Å². The molecule has 3 rings (SSSR count). The van der Waals surface area contributed by atoms with Crippen molar-refractivity contribution in [1.82, 2.24) is 9.88 Å². The Bertz CT molecular complexity index is 457. The van der Waals surface area contributed by atoms with E-state index in [-0.39, 0.29) is 17.7 Å². The van der Waals surface area contributed by atoms with Crippen LogP contribution in [0.2, 0.25) is 0 Å². The van der Waals surface area contributed by atoms with Crippen molar-refractivity contribution in [3.63, 3.8) is 0 Å². The van der Waals surface area contributed by atoms with Gasteiger partial charge in [0.25, 0.3) is 0 Å². The third-order valence-electron chi connectivity index (χ3n) is 4.67. The third-order valence-corrected chi connectivity index (χ3v) is 4.67. The molecule has 2 fully saturated rings. The minimum atomic E-state index is -0.395. The average Bonchev–Trinajstić information content (AvgIpc) is 3.10. The van der Waals surface area contributed by atoms with E-state index in [1.165, 1.54) is 18.4 Å². The largest absolute Gasteiger partial charge is 0.391 e. The Morgan fingerprint density at radius 3 is 2.65 bits per heavy atom. The molecule has 2 heterocycles. The van der Waals surface area contributed by atoms with Crippen molar-refractivity contribution in [1.29, 1.82) is 0 Å². The molecule has 4 heteroatoms. The van der Waals surface area contributed by atoms with E-state index in [0.717, 1.165) is 19.3 Å². The summed E-state index contributed by atoms with van der Waals surface area (Å²) >= 11 is 0. The lowest BCUT2D eigenvalue weighted by Gasteiger charge is -2.20. The molecule has 1 aromatic heterocycles. The van der Waals surface area contributed by atoms with Crippen LogP contribution in [0, 0.1) is 11.8 Å². The summed E-state index contributed by atoms with van der Waals surface area (Å²) in [6.07, 6.45) is 8.38. The van der Waals surface area contributed by atoms with E-state index in [1.54, 1.807) is 12.4 Å². The molecule has 1 saturated carbocycles. The van der Waals surface area contributed by atoms with Gasteiger partial charge in [-0.2, -0.15) is 0 Å². The summed E-state index contributed by atoms with van der Waals surface area (Å²) in [5.41, 5.74) is 1.18. The highest BCUT2D eigenvalue weighted by Gasteiger charge is 2.37. The number of rotatable bonds is 3. The van der Waals surface area contributed by atoms with Crippen molar-refractivity contribution in [3.8, 4) is 0 Å². The smallest absolute Gasteiger partial charge is 0.225 e. The molecule has 1 N–H and O–H groups in total. The first-order valence-electron chi connectivity index (χ1n) is 7.60. The fourth-order valence-corrected chi connectivity index (χ4v) is 3.49. The molecule has 0 aromatic carbocycles. The van der Waals surface area contributed by atoms with Gasteiger partial charge >= 0.3 is 0 Å². The van der Waals surface area contributed by atoms with Crippen LogP contribution in [-0.4, -0.2) is 40.1 Å². The molecule has 4 nitrogen and oxygen atoms in total. The van der Waals surface area contributed by atoms with Crippen molar-refractivity contribution in [2.75, 3.05) is 13.1 Å². The van der Waals surface area contributed by atoms with Gasteiger partial charge < -0.3 is 10.0 Å². The van der Waals surface area contributed by atoms with Crippen LogP contribution in [-0.2, 0) is 11.2 Å². The molecule has 0 bridgehead atoms. The predicted molar refractivity (Wildman–Crippen MR) is 76.0 cm³/mol. The Morgan fingerprint density at radius 1 is 1.25 bits per heavy atom. The van der Waals surface area contributed by atoms with Crippen LogP contribution in [0.1, 0.15) is 31.2 Å². The predicted octanol–water partition coefficient (Wildman–Crippen LogP) is 1.63. The monoisotopic (exact) mass is 274 g/mol. The summed E-state index contributed by atoms with van der Waals surface area (Å²) in [6, 6.07) is 3.96. The molecule has 108 valence electrons. The summed E-state index contributed by atoms with van der Waals surface area (Å²) in [6.45, 7) is 1.20. The van der Waals surface area contributed by atoms with E-state index in [2.05, 4.69) is 4.98 Å². The SMILES string of the molecule is O=C(C1CCCC1)N1C[C@@H](Cc2ccncc2)[C@@H](O)C1. The Labute approximate surface area is 119 Å². The molecule has 1 aliphatic carbocycles. The van der Waals surface area contributed by atoms with E-state index in [9.17, 15) is 9.90 Å². The fourth-order valence-electron chi connectivity index (χ4n) is 3.49. The molecular formula is C16H22N2O2. The lowest BCUT2D eigenvalue weighted by atomic mass is 9.97. The molecule has 1 aliphatic heterocycles. The van der Waals surface area contributed by atoms with Gasteiger partial charge in [-0.15, -0.1) is 0 Å². The van der Waals surface area contributed by atoms with E-state index >= 15 is 0 Å². The number of likely N-dealkylation sites (tertiary alicyclic amines) is 1. The number of aliphatic hydroxyl groups is 1. The normalized spacial score (nSPS) is 27.1. The zero-order valence-electron chi connectivity index (χ0n) is 11.7. The van der Waals surface area contributed by atoms with Crippen molar-refractivity contribution in [2.24, 2.45) is 11.8 Å². The van der Waals surface area contributed by atoms with E-state index < -0.39 is 6.10 Å². The molecule has 1 amide bonds. The van der Waals surface area contributed by atoms with Crippen LogP contribution in [0.4, 0.5) is 0 Å². The van der Waals surface area contributed by atoms with Crippen molar-refractivity contribution < 1.29 is 9.90 Å². The number of hydrogen-bond donors (Lipinski definition) is 1. The van der Waals surface area contributed by atoms with E-state index in [1.807, 2.05) is 17.0 Å². The zero-order chi connectivity index (χ0) is 13.9. The second-order valence-electron chi connectivity index (χ2n) is 6.11. The lowest BCUT2D eigenvalue weighted by Crippen LogP contribution is -2.34. The number of nitrogens with zero attached hydrogens (tertiary/aromatic N) is 2. The Hall–Kier alpha value is -1.42. The number of carbonyl (C=O) groups excluding carboxylic acids is 1. The van der Waals surface area contributed by atoms with Crippen LogP contribution in [0.15, 0.2) is 24.5 Å². The maximum atomic E-state index is 12.4. The van der Waals surface area contributed by atoms with Gasteiger partial charge in [0.1, 0.15) is 0 Å². The topological polar surface area (TPSA) is 53.4 Å². The molecule has 2 atom stereocenters. The van der Waals surface area contributed by atoms with Gasteiger partial charge in [-0.25, -0.2) is 0 Å². The Balaban J connectivity index is 1.60. The minimum absolute atomic E-state index is 0.155. The fraction of sp³-hybridized carbons (Fsp3) is 0.625. The molecular weight excluding hydrogens is 252 g/mol. The summed E-state index contributed by atoms with van der Waals surface area (Å²) in [5, 5.41) is 10.2. The summed E-state index contributed by atoms with van der Waals surface area (Å²) in [4.78, 5) is 18.3. The zero-order valence-corrected chi connectivity index (χ0v) is 11.7. The summed E-state index contributed by atoms with van der Waals surface area (Å²) < 4.78 is 0. The Morgan fingerprint density at radius 2 is 1.95 bits per heavy atom. The molecule has 1 aromatic rings. The Kier molecular flexibility index (Phi) is 4.01. The van der Waals surface area contributed by atoms with Crippen LogP contribution in [0.25, 0.3) is 0 Å². The first-order valence-corrected chi connectivity index (χ1v) is 7.60. The van der Waals surface area contributed by atoms with Crippen molar-refractivity contribution in [3.05, 3.63) is 30.1 Å². The third kappa shape index (κ3) is 2.85. The van der Waals surface area contributed by atoms with Crippen LogP contribution in [0.3, 0.4) is 0 Å². The van der Waals surface area contributed by atoms with E-state index in [4.69, 9.17) is 0 Å². The first kappa shape index (κ1) is 13.6. The maximum absolute atomic E-state index is 12.4. The standard InChI is InChI=1S/C16H22N2O2/c19-15-11-18(16(20)13-3-1-2-4-13)10-14(15)9-12-5-7-17-8-6-12/h5-8,13-15,19H,1-4,9-11H2/t14-,15+/m1/s1. The number of carbonyl (C=O) groups is 1. The number of aliphatic hydroxyl groups excluding tert-OH is 1. The molecule has 20 heavy (non-hydrogen) atoms. The number of hydrogen-bond acceptors (Lipinski definition) is 3. The highest BCUT2D eigenvalue weighted by atomic mass is 16.3. The van der Waals surface area contributed by atoms with Gasteiger partial charge in [-0.05, 0) is 37.0 Å². The summed E-state index contributed by atoms with van der Waals surface area (Å²) in [7, 11) is 0. The maximum Gasteiger partial charge on any atom is 0.225 e. The lowest BCUT2D eigenvalue weighted by molar-refractivity contribution is -0.134. The van der Waals surface area contributed by atoms with Crippen molar-refractivity contribution in [2.45, 2.75) is 38.2 Å². The van der Waals surface area contributed by atoms with Crippen LogP contribution in [0.5, 0.6) is 0 Å². The van der Waals surface area contributed by atoms with Gasteiger partial charge in [-0.1, -0.05) is 12.8 Å². The molecule has 1 saturated heterocycles. The van der Waals surface area contributed by atoms with Gasteiger partial charge in [0.05, 0.1) is 6.10 Å². The second-order valence-corrected chi connectivity index (χ2v) is 6.11. The minimum Gasteiger partial charge on any atom is -0.391 e. The number of amides is 1. The quantitative estimate of drug-likeness (QED) is 0.911. The molecule has 0 spiro atoms.